The topological polar surface area (TPSA) is 50.4 Å². The van der Waals surface area contributed by atoms with E-state index in [4.69, 9.17) is 4.74 Å². The molecule has 5 heteroatoms. The highest BCUT2D eigenvalue weighted by Gasteiger charge is 2.16. The number of carbonyl (C=O) groups excluding carboxylic acids is 1. The van der Waals surface area contributed by atoms with Crippen LogP contribution < -0.4 is 15.4 Å². The van der Waals surface area contributed by atoms with Crippen LogP contribution in [-0.2, 0) is 0 Å². The molecule has 0 unspecified atom stereocenters. The number of amides is 1. The van der Waals surface area contributed by atoms with Crippen LogP contribution in [0.15, 0.2) is 22.7 Å². The van der Waals surface area contributed by atoms with Gasteiger partial charge in [-0.1, -0.05) is 0 Å². The number of nitrogens with one attached hydrogen (secondary N) is 2. The van der Waals surface area contributed by atoms with Gasteiger partial charge in [0.05, 0.1) is 11.6 Å². The van der Waals surface area contributed by atoms with Gasteiger partial charge in [-0.2, -0.15) is 0 Å². The molecule has 0 aromatic heterocycles. The highest BCUT2D eigenvalue weighted by molar-refractivity contribution is 9.10. The summed E-state index contributed by atoms with van der Waals surface area (Å²) in [4.78, 5) is 12.1. The second-order valence-electron chi connectivity index (χ2n) is 4.35. The van der Waals surface area contributed by atoms with E-state index in [1.807, 2.05) is 0 Å². The van der Waals surface area contributed by atoms with Gasteiger partial charge in [0.25, 0.3) is 5.91 Å². The maximum absolute atomic E-state index is 12.1. The third-order valence-electron chi connectivity index (χ3n) is 3.09. The van der Waals surface area contributed by atoms with Gasteiger partial charge in [-0.15, -0.1) is 0 Å². The van der Waals surface area contributed by atoms with E-state index in [9.17, 15) is 4.79 Å². The van der Waals surface area contributed by atoms with Crippen LogP contribution in [0.4, 0.5) is 0 Å². The van der Waals surface area contributed by atoms with Gasteiger partial charge in [-0.25, -0.2) is 0 Å². The first-order valence-corrected chi connectivity index (χ1v) is 6.85. The average Bonchev–Trinajstić information content (AvgIpc) is 2.39. The molecule has 2 rings (SSSR count). The van der Waals surface area contributed by atoms with Crippen LogP contribution >= 0.6 is 15.9 Å². The molecule has 0 spiro atoms. The second-order valence-corrected chi connectivity index (χ2v) is 5.20. The molecular formula is C13H17BrN2O2. The first-order chi connectivity index (χ1) is 8.70. The minimum atomic E-state index is -0.0229. The van der Waals surface area contributed by atoms with E-state index >= 15 is 0 Å². The van der Waals surface area contributed by atoms with Crippen molar-refractivity contribution in [2.24, 2.45) is 0 Å². The van der Waals surface area contributed by atoms with Gasteiger partial charge in [0.15, 0.2) is 0 Å². The Morgan fingerprint density at radius 2 is 2.17 bits per heavy atom. The lowest BCUT2D eigenvalue weighted by molar-refractivity contribution is 0.0929. The van der Waals surface area contributed by atoms with Gasteiger partial charge in [0, 0.05) is 11.6 Å². The Labute approximate surface area is 115 Å². The van der Waals surface area contributed by atoms with Crippen molar-refractivity contribution in [2.45, 2.75) is 18.9 Å². The van der Waals surface area contributed by atoms with Crippen LogP contribution in [0.3, 0.4) is 0 Å². The molecule has 98 valence electrons. The number of halogens is 1. The zero-order valence-corrected chi connectivity index (χ0v) is 11.9. The Hall–Kier alpha value is -1.07. The SMILES string of the molecule is COc1ccc(C(=O)NC2CCNCC2)cc1Br. The van der Waals surface area contributed by atoms with Gasteiger partial charge in [-0.05, 0) is 60.1 Å². The van der Waals surface area contributed by atoms with E-state index < -0.39 is 0 Å². The molecule has 1 aromatic carbocycles. The predicted octanol–water partition coefficient (Wildman–Crippen LogP) is 1.94. The smallest absolute Gasteiger partial charge is 0.251 e. The number of methoxy groups -OCH3 is 1. The van der Waals surface area contributed by atoms with Crippen molar-refractivity contribution >= 4 is 21.8 Å². The standard InChI is InChI=1S/C13H17BrN2O2/c1-18-12-3-2-9(8-11(12)14)13(17)16-10-4-6-15-7-5-10/h2-3,8,10,15H,4-7H2,1H3,(H,16,17). The molecule has 18 heavy (non-hydrogen) atoms. The quantitative estimate of drug-likeness (QED) is 0.897. The van der Waals surface area contributed by atoms with Gasteiger partial charge >= 0.3 is 0 Å². The Morgan fingerprint density at radius 3 is 2.78 bits per heavy atom. The van der Waals surface area contributed by atoms with Crippen LogP contribution in [-0.4, -0.2) is 32.1 Å². The number of hydrogen-bond acceptors (Lipinski definition) is 3. The summed E-state index contributed by atoms with van der Waals surface area (Å²) in [5, 5.41) is 6.34. The lowest BCUT2D eigenvalue weighted by atomic mass is 10.1. The summed E-state index contributed by atoms with van der Waals surface area (Å²) in [6.07, 6.45) is 1.98. The van der Waals surface area contributed by atoms with E-state index in [2.05, 4.69) is 26.6 Å². The predicted molar refractivity (Wildman–Crippen MR) is 74.1 cm³/mol. The number of rotatable bonds is 3. The lowest BCUT2D eigenvalue weighted by Crippen LogP contribution is -2.42. The fourth-order valence-corrected chi connectivity index (χ4v) is 2.58. The minimum Gasteiger partial charge on any atom is -0.496 e. The molecule has 0 saturated carbocycles. The molecule has 4 nitrogen and oxygen atoms in total. The third kappa shape index (κ3) is 3.23. The molecule has 0 atom stereocenters. The molecule has 1 fully saturated rings. The zero-order valence-electron chi connectivity index (χ0n) is 10.3. The highest BCUT2D eigenvalue weighted by Crippen LogP contribution is 2.25. The molecule has 0 bridgehead atoms. The number of carbonyl (C=O) groups is 1. The number of benzene rings is 1. The first kappa shape index (κ1) is 13.4. The zero-order chi connectivity index (χ0) is 13.0. The van der Waals surface area contributed by atoms with Crippen molar-refractivity contribution in [3.63, 3.8) is 0 Å². The van der Waals surface area contributed by atoms with Crippen molar-refractivity contribution in [1.29, 1.82) is 0 Å². The van der Waals surface area contributed by atoms with Crippen molar-refractivity contribution < 1.29 is 9.53 Å². The maximum atomic E-state index is 12.1. The number of hydrogen-bond donors (Lipinski definition) is 2. The van der Waals surface area contributed by atoms with E-state index in [0.717, 1.165) is 36.2 Å². The van der Waals surface area contributed by atoms with Crippen LogP contribution in [0.1, 0.15) is 23.2 Å². The van der Waals surface area contributed by atoms with Crippen LogP contribution in [0.2, 0.25) is 0 Å². The van der Waals surface area contributed by atoms with Crippen LogP contribution in [0, 0.1) is 0 Å². The summed E-state index contributed by atoms with van der Waals surface area (Å²) in [5.41, 5.74) is 0.654. The Balaban J connectivity index is 2.01. The van der Waals surface area contributed by atoms with E-state index in [-0.39, 0.29) is 11.9 Å². The molecule has 0 aliphatic carbocycles. The van der Waals surface area contributed by atoms with Crippen molar-refractivity contribution in [1.82, 2.24) is 10.6 Å². The summed E-state index contributed by atoms with van der Waals surface area (Å²) in [5.74, 6) is 0.707. The van der Waals surface area contributed by atoms with E-state index in [1.54, 1.807) is 25.3 Å². The van der Waals surface area contributed by atoms with E-state index in [1.165, 1.54) is 0 Å². The summed E-state index contributed by atoms with van der Waals surface area (Å²) in [6, 6.07) is 5.64. The van der Waals surface area contributed by atoms with Crippen LogP contribution in [0.5, 0.6) is 5.75 Å². The highest BCUT2D eigenvalue weighted by atomic mass is 79.9. The number of piperidine rings is 1. The fourth-order valence-electron chi connectivity index (χ4n) is 2.04. The normalized spacial score (nSPS) is 16.3. The molecular weight excluding hydrogens is 296 g/mol. The van der Waals surface area contributed by atoms with Gasteiger partial charge in [0.2, 0.25) is 0 Å². The summed E-state index contributed by atoms with van der Waals surface area (Å²) in [7, 11) is 1.61. The summed E-state index contributed by atoms with van der Waals surface area (Å²) in [6.45, 7) is 1.94. The van der Waals surface area contributed by atoms with Crippen molar-refractivity contribution in [2.75, 3.05) is 20.2 Å². The second kappa shape index (κ2) is 6.20. The average molecular weight is 313 g/mol. The van der Waals surface area contributed by atoms with Gasteiger partial charge in [0.1, 0.15) is 5.75 Å². The van der Waals surface area contributed by atoms with Crippen molar-refractivity contribution in [3.05, 3.63) is 28.2 Å². The largest absolute Gasteiger partial charge is 0.496 e. The Bertz CT molecular complexity index is 431. The molecule has 0 radical (unpaired) electrons. The van der Waals surface area contributed by atoms with Crippen LogP contribution in [0.25, 0.3) is 0 Å². The summed E-state index contributed by atoms with van der Waals surface area (Å²) >= 11 is 3.39. The van der Waals surface area contributed by atoms with E-state index in [0.29, 0.717) is 5.56 Å². The van der Waals surface area contributed by atoms with Gasteiger partial charge in [-0.3, -0.25) is 4.79 Å². The molecule has 1 saturated heterocycles. The lowest BCUT2D eigenvalue weighted by Gasteiger charge is -2.23. The number of ether oxygens (including phenoxy) is 1. The first-order valence-electron chi connectivity index (χ1n) is 6.06. The third-order valence-corrected chi connectivity index (χ3v) is 3.71. The molecule has 1 aliphatic heterocycles. The Kier molecular flexibility index (Phi) is 4.60. The Morgan fingerprint density at radius 1 is 1.44 bits per heavy atom. The molecule has 1 amide bonds. The fraction of sp³-hybridized carbons (Fsp3) is 0.462. The molecule has 1 aromatic rings. The van der Waals surface area contributed by atoms with Crippen molar-refractivity contribution in [3.8, 4) is 5.75 Å². The minimum absolute atomic E-state index is 0.0229. The maximum Gasteiger partial charge on any atom is 0.251 e. The molecule has 1 aliphatic rings. The molecule has 2 N–H and O–H groups in total. The monoisotopic (exact) mass is 312 g/mol. The summed E-state index contributed by atoms with van der Waals surface area (Å²) < 4.78 is 5.94. The van der Waals surface area contributed by atoms with Gasteiger partial charge < -0.3 is 15.4 Å². The molecule has 1 heterocycles.